The minimum atomic E-state index is 0.605. The molecule has 0 aromatic heterocycles. The second kappa shape index (κ2) is 4.61. The lowest BCUT2D eigenvalue weighted by molar-refractivity contribution is -0.110. The molecule has 0 bridgehead atoms. The SMILES string of the molecule is CCC1CCCC(C)N1CC=O. The fourth-order valence-corrected chi connectivity index (χ4v) is 2.19. The molecule has 1 rings (SSSR count). The van der Waals surface area contributed by atoms with E-state index in [-0.39, 0.29) is 0 Å². The lowest BCUT2D eigenvalue weighted by Gasteiger charge is -2.39. The average Bonchev–Trinajstić information content (AvgIpc) is 2.09. The van der Waals surface area contributed by atoms with Gasteiger partial charge in [0.05, 0.1) is 6.54 Å². The van der Waals surface area contributed by atoms with Gasteiger partial charge in [0.2, 0.25) is 0 Å². The maximum Gasteiger partial charge on any atom is 0.134 e. The summed E-state index contributed by atoms with van der Waals surface area (Å²) in [5.74, 6) is 0. The molecular weight excluding hydrogens is 150 g/mol. The Labute approximate surface area is 74.9 Å². The molecule has 1 aliphatic rings. The van der Waals surface area contributed by atoms with Crippen LogP contribution in [0.1, 0.15) is 39.5 Å². The zero-order valence-corrected chi connectivity index (χ0v) is 8.12. The minimum absolute atomic E-state index is 0.605. The molecule has 1 fully saturated rings. The zero-order chi connectivity index (χ0) is 8.97. The number of aldehydes is 1. The van der Waals surface area contributed by atoms with Crippen molar-refractivity contribution >= 4 is 6.29 Å². The van der Waals surface area contributed by atoms with Gasteiger partial charge in [-0.3, -0.25) is 4.90 Å². The van der Waals surface area contributed by atoms with Crippen molar-refractivity contribution in [2.24, 2.45) is 0 Å². The first kappa shape index (κ1) is 9.72. The van der Waals surface area contributed by atoms with Crippen LogP contribution >= 0.6 is 0 Å². The van der Waals surface area contributed by atoms with E-state index >= 15 is 0 Å². The monoisotopic (exact) mass is 169 g/mol. The van der Waals surface area contributed by atoms with Crippen molar-refractivity contribution in [3.63, 3.8) is 0 Å². The Morgan fingerprint density at radius 1 is 1.50 bits per heavy atom. The van der Waals surface area contributed by atoms with Gasteiger partial charge in [0.1, 0.15) is 6.29 Å². The van der Waals surface area contributed by atoms with Crippen molar-refractivity contribution in [2.75, 3.05) is 6.54 Å². The number of hydrogen-bond acceptors (Lipinski definition) is 2. The molecule has 12 heavy (non-hydrogen) atoms. The fourth-order valence-electron chi connectivity index (χ4n) is 2.19. The summed E-state index contributed by atoms with van der Waals surface area (Å²) in [5.41, 5.74) is 0. The fraction of sp³-hybridized carbons (Fsp3) is 0.900. The summed E-state index contributed by atoms with van der Waals surface area (Å²) in [7, 11) is 0. The number of carbonyl (C=O) groups excluding carboxylic acids is 1. The summed E-state index contributed by atoms with van der Waals surface area (Å²) in [4.78, 5) is 12.8. The Kier molecular flexibility index (Phi) is 3.73. The summed E-state index contributed by atoms with van der Waals surface area (Å²) < 4.78 is 0. The average molecular weight is 169 g/mol. The summed E-state index contributed by atoms with van der Waals surface area (Å²) >= 11 is 0. The molecule has 1 saturated heterocycles. The number of likely N-dealkylation sites (tertiary alicyclic amines) is 1. The van der Waals surface area contributed by atoms with Crippen molar-refractivity contribution in [3.05, 3.63) is 0 Å². The van der Waals surface area contributed by atoms with Crippen LogP contribution in [0.25, 0.3) is 0 Å². The summed E-state index contributed by atoms with van der Waals surface area (Å²) in [6.45, 7) is 5.06. The Hall–Kier alpha value is -0.370. The van der Waals surface area contributed by atoms with Crippen LogP contribution in [-0.2, 0) is 4.79 Å². The topological polar surface area (TPSA) is 20.3 Å². The lowest BCUT2D eigenvalue weighted by atomic mass is 9.95. The largest absolute Gasteiger partial charge is 0.302 e. The van der Waals surface area contributed by atoms with Crippen LogP contribution in [0.2, 0.25) is 0 Å². The van der Waals surface area contributed by atoms with Crippen LogP contribution in [0, 0.1) is 0 Å². The van der Waals surface area contributed by atoms with Gasteiger partial charge in [0, 0.05) is 12.1 Å². The highest BCUT2D eigenvalue weighted by Gasteiger charge is 2.25. The van der Waals surface area contributed by atoms with E-state index in [0.29, 0.717) is 18.6 Å². The van der Waals surface area contributed by atoms with Gasteiger partial charge in [-0.25, -0.2) is 0 Å². The molecule has 2 atom stereocenters. The molecule has 0 amide bonds. The molecule has 0 radical (unpaired) electrons. The predicted octanol–water partition coefficient (Wildman–Crippen LogP) is 1.84. The van der Waals surface area contributed by atoms with Gasteiger partial charge in [0.25, 0.3) is 0 Å². The molecule has 2 nitrogen and oxygen atoms in total. The zero-order valence-electron chi connectivity index (χ0n) is 8.12. The number of piperidine rings is 1. The van der Waals surface area contributed by atoms with Crippen molar-refractivity contribution in [1.82, 2.24) is 4.90 Å². The van der Waals surface area contributed by atoms with Crippen molar-refractivity contribution in [3.8, 4) is 0 Å². The summed E-state index contributed by atoms with van der Waals surface area (Å²) in [6, 6.07) is 1.26. The van der Waals surface area contributed by atoms with Crippen LogP contribution in [0.4, 0.5) is 0 Å². The van der Waals surface area contributed by atoms with Gasteiger partial charge in [-0.2, -0.15) is 0 Å². The summed E-state index contributed by atoms with van der Waals surface area (Å²) in [5, 5.41) is 0. The molecular formula is C10H19NO. The molecule has 2 heteroatoms. The second-order valence-electron chi connectivity index (χ2n) is 3.71. The van der Waals surface area contributed by atoms with E-state index in [1.807, 2.05) is 0 Å². The van der Waals surface area contributed by atoms with Crippen molar-refractivity contribution < 1.29 is 4.79 Å². The Morgan fingerprint density at radius 3 is 2.83 bits per heavy atom. The van der Waals surface area contributed by atoms with Crippen LogP contribution in [-0.4, -0.2) is 29.8 Å². The molecule has 0 saturated carbocycles. The first-order valence-corrected chi connectivity index (χ1v) is 4.99. The van der Waals surface area contributed by atoms with E-state index < -0.39 is 0 Å². The van der Waals surface area contributed by atoms with E-state index in [2.05, 4.69) is 18.7 Å². The minimum Gasteiger partial charge on any atom is -0.302 e. The molecule has 2 unspecified atom stereocenters. The Balaban J connectivity index is 2.52. The molecule has 0 aliphatic carbocycles. The first-order chi connectivity index (χ1) is 5.79. The molecule has 0 aromatic rings. The molecule has 1 aliphatic heterocycles. The lowest BCUT2D eigenvalue weighted by Crippen LogP contribution is -2.45. The van der Waals surface area contributed by atoms with E-state index in [1.165, 1.54) is 25.7 Å². The normalized spacial score (nSPS) is 31.8. The van der Waals surface area contributed by atoms with E-state index in [1.54, 1.807) is 0 Å². The third-order valence-corrected chi connectivity index (χ3v) is 2.95. The Morgan fingerprint density at radius 2 is 2.25 bits per heavy atom. The van der Waals surface area contributed by atoms with Crippen molar-refractivity contribution in [1.29, 1.82) is 0 Å². The highest BCUT2D eigenvalue weighted by atomic mass is 16.1. The number of carbonyl (C=O) groups is 1. The van der Waals surface area contributed by atoms with Gasteiger partial charge < -0.3 is 4.79 Å². The van der Waals surface area contributed by atoms with Crippen LogP contribution < -0.4 is 0 Å². The highest BCUT2D eigenvalue weighted by molar-refractivity contribution is 5.52. The molecule has 1 heterocycles. The van der Waals surface area contributed by atoms with Gasteiger partial charge in [-0.1, -0.05) is 13.3 Å². The van der Waals surface area contributed by atoms with E-state index in [9.17, 15) is 4.79 Å². The number of nitrogens with zero attached hydrogens (tertiary/aromatic N) is 1. The number of hydrogen-bond donors (Lipinski definition) is 0. The first-order valence-electron chi connectivity index (χ1n) is 4.99. The van der Waals surface area contributed by atoms with Crippen LogP contribution in [0.15, 0.2) is 0 Å². The Bertz CT molecular complexity index is 147. The van der Waals surface area contributed by atoms with Gasteiger partial charge >= 0.3 is 0 Å². The maximum absolute atomic E-state index is 10.4. The third kappa shape index (κ3) is 2.07. The summed E-state index contributed by atoms with van der Waals surface area (Å²) in [6.07, 6.45) is 6.07. The highest BCUT2D eigenvalue weighted by Crippen LogP contribution is 2.23. The van der Waals surface area contributed by atoms with E-state index in [4.69, 9.17) is 0 Å². The van der Waals surface area contributed by atoms with Crippen LogP contribution in [0.5, 0.6) is 0 Å². The van der Waals surface area contributed by atoms with E-state index in [0.717, 1.165) is 6.29 Å². The number of rotatable bonds is 3. The second-order valence-corrected chi connectivity index (χ2v) is 3.71. The van der Waals surface area contributed by atoms with Gasteiger partial charge in [0.15, 0.2) is 0 Å². The quantitative estimate of drug-likeness (QED) is 0.601. The van der Waals surface area contributed by atoms with Crippen molar-refractivity contribution in [2.45, 2.75) is 51.6 Å². The van der Waals surface area contributed by atoms with Gasteiger partial charge in [-0.15, -0.1) is 0 Å². The smallest absolute Gasteiger partial charge is 0.134 e. The molecule has 0 aromatic carbocycles. The van der Waals surface area contributed by atoms with Gasteiger partial charge in [-0.05, 0) is 26.2 Å². The third-order valence-electron chi connectivity index (χ3n) is 2.95. The standard InChI is InChI=1S/C10H19NO/c1-3-10-6-4-5-9(2)11(10)7-8-12/h8-10H,3-7H2,1-2H3. The van der Waals surface area contributed by atoms with Crippen LogP contribution in [0.3, 0.4) is 0 Å². The maximum atomic E-state index is 10.4. The molecule has 70 valence electrons. The molecule has 0 N–H and O–H groups in total. The molecule has 0 spiro atoms. The predicted molar refractivity (Wildman–Crippen MR) is 50.2 cm³/mol.